The van der Waals surface area contributed by atoms with Crippen molar-refractivity contribution in [2.45, 2.75) is 17.9 Å². The van der Waals surface area contributed by atoms with Gasteiger partial charge < -0.3 is 19.4 Å². The first-order valence-electron chi connectivity index (χ1n) is 8.17. The number of anilines is 1. The number of thioether (sulfide) groups is 1. The van der Waals surface area contributed by atoms with Gasteiger partial charge in [0.1, 0.15) is 12.3 Å². The Kier molecular flexibility index (Phi) is 6.26. The summed E-state index contributed by atoms with van der Waals surface area (Å²) < 4.78 is 49.1. The van der Waals surface area contributed by atoms with Crippen LogP contribution in [0.25, 0.3) is 0 Å². The van der Waals surface area contributed by atoms with E-state index in [9.17, 15) is 18.0 Å². The lowest BCUT2D eigenvalue weighted by Crippen LogP contribution is -2.38. The van der Waals surface area contributed by atoms with E-state index in [1.54, 1.807) is 23.0 Å². The Hall–Kier alpha value is -2.21. The van der Waals surface area contributed by atoms with Crippen molar-refractivity contribution in [3.05, 3.63) is 24.2 Å². The summed E-state index contributed by atoms with van der Waals surface area (Å²) in [6, 6.07) is 3.55. The summed E-state index contributed by atoms with van der Waals surface area (Å²) in [4.78, 5) is 13.7. The molecule has 1 amide bonds. The summed E-state index contributed by atoms with van der Waals surface area (Å²) in [6.07, 6.45) is -2.89. The summed E-state index contributed by atoms with van der Waals surface area (Å²) in [5.41, 5.74) is 0. The Balaban J connectivity index is 1.70. The van der Waals surface area contributed by atoms with Crippen LogP contribution in [-0.2, 0) is 16.1 Å². The fraction of sp³-hybridized carbons (Fsp3) is 0.533. The Bertz CT molecular complexity index is 744. The molecule has 27 heavy (non-hydrogen) atoms. The lowest BCUT2D eigenvalue weighted by Gasteiger charge is -2.27. The monoisotopic (exact) mass is 405 g/mol. The van der Waals surface area contributed by atoms with E-state index in [0.29, 0.717) is 49.7 Å². The highest BCUT2D eigenvalue weighted by molar-refractivity contribution is 7.99. The van der Waals surface area contributed by atoms with E-state index < -0.39 is 18.6 Å². The molecular weight excluding hydrogens is 387 g/mol. The van der Waals surface area contributed by atoms with Crippen molar-refractivity contribution in [3.63, 3.8) is 0 Å². The number of carbonyl (C=O) groups is 1. The number of furan rings is 1. The van der Waals surface area contributed by atoms with Crippen LogP contribution < -0.4 is 10.2 Å². The molecule has 1 aliphatic rings. The fourth-order valence-electron chi connectivity index (χ4n) is 2.46. The largest absolute Gasteiger partial charge is 0.467 e. The van der Waals surface area contributed by atoms with Crippen LogP contribution in [0.2, 0.25) is 0 Å². The smallest absolute Gasteiger partial charge is 0.405 e. The number of amides is 1. The molecule has 0 aromatic carbocycles. The average Bonchev–Trinajstić information content (AvgIpc) is 3.29. The fourth-order valence-corrected chi connectivity index (χ4v) is 3.22. The van der Waals surface area contributed by atoms with Crippen molar-refractivity contribution in [2.24, 2.45) is 0 Å². The number of halogens is 3. The first kappa shape index (κ1) is 19.5. The highest BCUT2D eigenvalue weighted by Gasteiger charge is 2.28. The van der Waals surface area contributed by atoms with Gasteiger partial charge in [-0.3, -0.25) is 9.36 Å². The molecule has 3 heterocycles. The maximum absolute atomic E-state index is 12.2. The van der Waals surface area contributed by atoms with Crippen LogP contribution in [0.5, 0.6) is 0 Å². The van der Waals surface area contributed by atoms with Gasteiger partial charge in [-0.25, -0.2) is 0 Å². The third kappa shape index (κ3) is 5.63. The molecule has 1 aliphatic heterocycles. The maximum atomic E-state index is 12.2. The SMILES string of the molecule is O=C(CSc1nnc(N2CCOCC2)n1Cc1ccco1)NCC(F)(F)F. The third-order valence-electron chi connectivity index (χ3n) is 3.70. The van der Waals surface area contributed by atoms with Gasteiger partial charge in [0.25, 0.3) is 0 Å². The number of rotatable bonds is 7. The second kappa shape index (κ2) is 8.65. The molecule has 0 spiro atoms. The van der Waals surface area contributed by atoms with E-state index >= 15 is 0 Å². The summed E-state index contributed by atoms with van der Waals surface area (Å²) in [5, 5.41) is 10.6. The van der Waals surface area contributed by atoms with E-state index in [1.807, 2.05) is 10.2 Å². The second-order valence-corrected chi connectivity index (χ2v) is 6.67. The summed E-state index contributed by atoms with van der Waals surface area (Å²) in [5.74, 6) is 0.355. The van der Waals surface area contributed by atoms with E-state index in [2.05, 4.69) is 10.2 Å². The molecule has 2 aromatic heterocycles. The van der Waals surface area contributed by atoms with E-state index in [1.165, 1.54) is 0 Å². The predicted molar refractivity (Wildman–Crippen MR) is 90.7 cm³/mol. The summed E-state index contributed by atoms with van der Waals surface area (Å²) >= 11 is 1.02. The second-order valence-electron chi connectivity index (χ2n) is 5.73. The first-order chi connectivity index (χ1) is 12.9. The van der Waals surface area contributed by atoms with E-state index in [4.69, 9.17) is 9.15 Å². The quantitative estimate of drug-likeness (QED) is 0.699. The molecule has 8 nitrogen and oxygen atoms in total. The summed E-state index contributed by atoms with van der Waals surface area (Å²) in [6.45, 7) is 1.41. The van der Waals surface area contributed by atoms with Crippen LogP contribution in [0.3, 0.4) is 0 Å². The van der Waals surface area contributed by atoms with Gasteiger partial charge in [0.05, 0.1) is 31.8 Å². The average molecular weight is 405 g/mol. The molecule has 2 aromatic rings. The predicted octanol–water partition coefficient (Wildman–Crippen LogP) is 1.53. The van der Waals surface area contributed by atoms with Crippen molar-refractivity contribution in [1.29, 1.82) is 0 Å². The maximum Gasteiger partial charge on any atom is 0.405 e. The van der Waals surface area contributed by atoms with Crippen molar-refractivity contribution in [1.82, 2.24) is 20.1 Å². The lowest BCUT2D eigenvalue weighted by atomic mass is 10.4. The van der Waals surface area contributed by atoms with E-state index in [0.717, 1.165) is 11.8 Å². The first-order valence-corrected chi connectivity index (χ1v) is 9.15. The molecule has 0 aliphatic carbocycles. The van der Waals surface area contributed by atoms with Crippen LogP contribution >= 0.6 is 11.8 Å². The highest BCUT2D eigenvalue weighted by Crippen LogP contribution is 2.24. The minimum atomic E-state index is -4.44. The zero-order valence-corrected chi connectivity index (χ0v) is 15.1. The molecule has 3 rings (SSSR count). The van der Waals surface area contributed by atoms with Crippen LogP contribution in [0.15, 0.2) is 28.0 Å². The van der Waals surface area contributed by atoms with Gasteiger partial charge in [0.15, 0.2) is 5.16 Å². The number of morpholine rings is 1. The Morgan fingerprint density at radius 2 is 2.07 bits per heavy atom. The van der Waals surface area contributed by atoms with Gasteiger partial charge in [0.2, 0.25) is 11.9 Å². The normalized spacial score (nSPS) is 15.1. The van der Waals surface area contributed by atoms with Crippen molar-refractivity contribution >= 4 is 23.6 Å². The highest BCUT2D eigenvalue weighted by atomic mass is 32.2. The molecule has 0 unspecified atom stereocenters. The molecule has 0 radical (unpaired) electrons. The number of carbonyl (C=O) groups excluding carboxylic acids is 1. The number of aromatic nitrogens is 3. The zero-order chi connectivity index (χ0) is 19.3. The number of hydrogen-bond donors (Lipinski definition) is 1. The number of hydrogen-bond acceptors (Lipinski definition) is 7. The van der Waals surface area contributed by atoms with Gasteiger partial charge in [0, 0.05) is 13.1 Å². The van der Waals surface area contributed by atoms with Crippen LogP contribution in [0.4, 0.5) is 19.1 Å². The number of nitrogens with one attached hydrogen (secondary N) is 1. The standard InChI is InChI=1S/C15H18F3N5O3S/c16-15(17,18)10-19-12(24)9-27-14-21-20-13(22-3-6-25-7-4-22)23(14)8-11-2-1-5-26-11/h1-2,5H,3-4,6-10H2,(H,19,24). The minimum Gasteiger partial charge on any atom is -0.467 e. The molecule has 148 valence electrons. The number of nitrogens with zero attached hydrogens (tertiary/aromatic N) is 4. The van der Waals surface area contributed by atoms with Crippen LogP contribution in [0.1, 0.15) is 5.76 Å². The Labute approximate surface area is 157 Å². The molecule has 12 heteroatoms. The minimum absolute atomic E-state index is 0.199. The zero-order valence-electron chi connectivity index (χ0n) is 14.2. The van der Waals surface area contributed by atoms with Gasteiger partial charge >= 0.3 is 6.18 Å². The van der Waals surface area contributed by atoms with Gasteiger partial charge in [-0.15, -0.1) is 10.2 Å². The molecule has 1 saturated heterocycles. The molecule has 1 fully saturated rings. The van der Waals surface area contributed by atoms with Crippen molar-refractivity contribution < 1.29 is 27.1 Å². The van der Waals surface area contributed by atoms with Gasteiger partial charge in [-0.2, -0.15) is 13.2 Å². The van der Waals surface area contributed by atoms with Crippen LogP contribution in [0, 0.1) is 0 Å². The third-order valence-corrected chi connectivity index (χ3v) is 4.67. The lowest BCUT2D eigenvalue weighted by molar-refractivity contribution is -0.136. The topological polar surface area (TPSA) is 85.4 Å². The number of alkyl halides is 3. The molecular formula is C15H18F3N5O3S. The Morgan fingerprint density at radius 3 is 2.74 bits per heavy atom. The summed E-state index contributed by atoms with van der Waals surface area (Å²) in [7, 11) is 0. The molecule has 1 N–H and O–H groups in total. The Morgan fingerprint density at radius 1 is 1.30 bits per heavy atom. The number of ether oxygens (including phenoxy) is 1. The van der Waals surface area contributed by atoms with Crippen LogP contribution in [-0.4, -0.2) is 65.4 Å². The van der Waals surface area contributed by atoms with Gasteiger partial charge in [-0.05, 0) is 12.1 Å². The molecule has 0 saturated carbocycles. The van der Waals surface area contributed by atoms with Crippen molar-refractivity contribution in [3.8, 4) is 0 Å². The molecule has 0 bridgehead atoms. The van der Waals surface area contributed by atoms with E-state index in [-0.39, 0.29) is 5.75 Å². The molecule has 0 atom stereocenters. The van der Waals surface area contributed by atoms with Crippen molar-refractivity contribution in [2.75, 3.05) is 43.5 Å². The van der Waals surface area contributed by atoms with Gasteiger partial charge in [-0.1, -0.05) is 11.8 Å².